The van der Waals surface area contributed by atoms with Gasteiger partial charge in [-0.1, -0.05) is 5.57 Å². The third-order valence-electron chi connectivity index (χ3n) is 2.66. The van der Waals surface area contributed by atoms with Crippen LogP contribution in [-0.4, -0.2) is 19.6 Å². The summed E-state index contributed by atoms with van der Waals surface area (Å²) in [5.74, 6) is 0. The number of benzene rings is 1. The van der Waals surface area contributed by atoms with E-state index in [1.165, 1.54) is 16.8 Å². The van der Waals surface area contributed by atoms with Crippen LogP contribution < -0.4 is 0 Å². The third kappa shape index (κ3) is 3.11. The molecule has 8 heteroatoms. The average Bonchev–Trinajstić information content (AvgIpc) is 2.85. The van der Waals surface area contributed by atoms with Crippen molar-refractivity contribution in [2.45, 2.75) is 13.8 Å². The van der Waals surface area contributed by atoms with Gasteiger partial charge in [-0.05, 0) is 32.1 Å². The lowest BCUT2D eigenvalue weighted by Gasteiger charge is -2.02. The van der Waals surface area contributed by atoms with Gasteiger partial charge in [0, 0.05) is 12.3 Å². The van der Waals surface area contributed by atoms with E-state index in [-0.39, 0.29) is 17.1 Å². The fourth-order valence-corrected chi connectivity index (χ4v) is 1.81. The number of nitro groups is 2. The molecule has 0 spiro atoms. The second kappa shape index (κ2) is 5.53. The van der Waals surface area contributed by atoms with Crippen molar-refractivity contribution in [2.24, 2.45) is 0 Å². The van der Waals surface area contributed by atoms with Crippen LogP contribution in [0.2, 0.25) is 0 Å². The van der Waals surface area contributed by atoms with Crippen LogP contribution in [0.5, 0.6) is 0 Å². The summed E-state index contributed by atoms with van der Waals surface area (Å²) in [6, 6.07) is 5.16. The summed E-state index contributed by atoms with van der Waals surface area (Å²) in [6.45, 7) is 3.82. The molecule has 0 radical (unpaired) electrons. The Labute approximate surface area is 119 Å². The van der Waals surface area contributed by atoms with Crippen LogP contribution in [0.15, 0.2) is 36.0 Å². The fourth-order valence-electron chi connectivity index (χ4n) is 1.81. The molecule has 0 amide bonds. The minimum absolute atomic E-state index is 0.180. The van der Waals surface area contributed by atoms with E-state index in [2.05, 4.69) is 5.10 Å². The summed E-state index contributed by atoms with van der Waals surface area (Å²) in [7, 11) is 0. The van der Waals surface area contributed by atoms with Crippen molar-refractivity contribution >= 4 is 17.5 Å². The highest BCUT2D eigenvalue weighted by Crippen LogP contribution is 2.27. The number of rotatable bonds is 4. The Hall–Kier alpha value is -3.03. The molecule has 8 nitrogen and oxygen atoms in total. The molecule has 2 aromatic rings. The Morgan fingerprint density at radius 3 is 2.48 bits per heavy atom. The molecule has 1 aromatic heterocycles. The standard InChI is InChI=1S/C13H12N4O4/c1-9(2)7-10-5-6-15(14-10)12-4-3-11(16(18)19)8-13(12)17(20)21/h3-8H,1-2H3. The topological polar surface area (TPSA) is 104 Å². The second-order valence-electron chi connectivity index (χ2n) is 4.59. The first kappa shape index (κ1) is 14.4. The van der Waals surface area contributed by atoms with Gasteiger partial charge in [-0.25, -0.2) is 4.68 Å². The van der Waals surface area contributed by atoms with Crippen LogP contribution in [0.1, 0.15) is 19.5 Å². The smallest absolute Gasteiger partial charge is 0.258 e. The van der Waals surface area contributed by atoms with Crippen LogP contribution in [0.4, 0.5) is 11.4 Å². The van der Waals surface area contributed by atoms with Gasteiger partial charge in [-0.3, -0.25) is 20.2 Å². The summed E-state index contributed by atoms with van der Waals surface area (Å²) < 4.78 is 1.33. The van der Waals surface area contributed by atoms with Crippen molar-refractivity contribution in [1.29, 1.82) is 0 Å². The van der Waals surface area contributed by atoms with Crippen molar-refractivity contribution in [1.82, 2.24) is 9.78 Å². The van der Waals surface area contributed by atoms with E-state index in [0.717, 1.165) is 11.6 Å². The number of allylic oxidation sites excluding steroid dienone is 1. The maximum atomic E-state index is 11.1. The lowest BCUT2D eigenvalue weighted by molar-refractivity contribution is -0.394. The number of nitrogens with zero attached hydrogens (tertiary/aromatic N) is 4. The molecular formula is C13H12N4O4. The number of hydrogen-bond acceptors (Lipinski definition) is 5. The van der Waals surface area contributed by atoms with Gasteiger partial charge in [-0.2, -0.15) is 5.10 Å². The Kier molecular flexibility index (Phi) is 3.79. The average molecular weight is 288 g/mol. The lowest BCUT2D eigenvalue weighted by Crippen LogP contribution is -2.02. The van der Waals surface area contributed by atoms with Crippen LogP contribution in [0.3, 0.4) is 0 Å². The summed E-state index contributed by atoms with van der Waals surface area (Å²) >= 11 is 0. The van der Waals surface area contributed by atoms with Gasteiger partial charge in [0.05, 0.1) is 21.6 Å². The maximum absolute atomic E-state index is 11.1. The van der Waals surface area contributed by atoms with Gasteiger partial charge in [0.2, 0.25) is 0 Å². The number of non-ortho nitro benzene ring substituents is 1. The Morgan fingerprint density at radius 1 is 1.19 bits per heavy atom. The van der Waals surface area contributed by atoms with Crippen molar-refractivity contribution in [3.63, 3.8) is 0 Å². The highest BCUT2D eigenvalue weighted by Gasteiger charge is 2.21. The van der Waals surface area contributed by atoms with Gasteiger partial charge in [0.1, 0.15) is 5.69 Å². The van der Waals surface area contributed by atoms with Crippen LogP contribution in [0, 0.1) is 20.2 Å². The molecule has 108 valence electrons. The molecule has 0 aliphatic heterocycles. The van der Waals surface area contributed by atoms with Crippen LogP contribution in [-0.2, 0) is 0 Å². The first-order chi connectivity index (χ1) is 9.88. The predicted molar refractivity (Wildman–Crippen MR) is 76.2 cm³/mol. The maximum Gasteiger partial charge on any atom is 0.301 e. The molecule has 0 fully saturated rings. The minimum atomic E-state index is -0.672. The molecule has 0 bridgehead atoms. The molecule has 0 atom stereocenters. The highest BCUT2D eigenvalue weighted by molar-refractivity contribution is 5.58. The van der Waals surface area contributed by atoms with Crippen molar-refractivity contribution in [2.75, 3.05) is 0 Å². The molecule has 1 heterocycles. The third-order valence-corrected chi connectivity index (χ3v) is 2.66. The minimum Gasteiger partial charge on any atom is -0.258 e. The molecule has 0 aliphatic carbocycles. The number of hydrogen-bond donors (Lipinski definition) is 0. The molecule has 1 aromatic carbocycles. The van der Waals surface area contributed by atoms with Crippen molar-refractivity contribution in [3.05, 3.63) is 62.0 Å². The zero-order chi connectivity index (χ0) is 15.6. The predicted octanol–water partition coefficient (Wildman–Crippen LogP) is 3.11. The summed E-state index contributed by atoms with van der Waals surface area (Å²) in [4.78, 5) is 20.5. The van der Waals surface area contributed by atoms with Gasteiger partial charge in [-0.15, -0.1) is 0 Å². The molecule has 0 aliphatic rings. The van der Waals surface area contributed by atoms with E-state index >= 15 is 0 Å². The fraction of sp³-hybridized carbons (Fsp3) is 0.154. The summed E-state index contributed by atoms with van der Waals surface area (Å²) in [5, 5.41) is 26.0. The summed E-state index contributed by atoms with van der Waals surface area (Å²) in [5.41, 5.74) is 1.18. The normalized spacial score (nSPS) is 10.2. The Morgan fingerprint density at radius 2 is 1.90 bits per heavy atom. The van der Waals surface area contributed by atoms with E-state index in [1.807, 2.05) is 19.9 Å². The monoisotopic (exact) mass is 288 g/mol. The molecule has 0 saturated heterocycles. The van der Waals surface area contributed by atoms with E-state index in [0.29, 0.717) is 5.69 Å². The van der Waals surface area contributed by atoms with Gasteiger partial charge >= 0.3 is 5.69 Å². The number of aromatic nitrogens is 2. The van der Waals surface area contributed by atoms with E-state index in [9.17, 15) is 20.2 Å². The summed E-state index contributed by atoms with van der Waals surface area (Å²) in [6.07, 6.45) is 3.40. The molecule has 0 saturated carbocycles. The first-order valence-corrected chi connectivity index (χ1v) is 6.02. The largest absolute Gasteiger partial charge is 0.301 e. The van der Waals surface area contributed by atoms with Crippen LogP contribution in [0.25, 0.3) is 11.8 Å². The lowest BCUT2D eigenvalue weighted by atomic mass is 10.2. The Balaban J connectivity index is 2.53. The SMILES string of the molecule is CC(C)=Cc1ccn(-c2ccc([N+](=O)[O-])cc2[N+](=O)[O-])n1. The zero-order valence-electron chi connectivity index (χ0n) is 11.4. The molecule has 0 N–H and O–H groups in total. The van der Waals surface area contributed by atoms with Crippen molar-refractivity contribution < 1.29 is 9.85 Å². The first-order valence-electron chi connectivity index (χ1n) is 6.02. The van der Waals surface area contributed by atoms with Crippen molar-refractivity contribution in [3.8, 4) is 5.69 Å². The Bertz CT molecular complexity index is 744. The second-order valence-corrected chi connectivity index (χ2v) is 4.59. The van der Waals surface area contributed by atoms with E-state index < -0.39 is 9.85 Å². The number of nitro benzene ring substituents is 2. The molecule has 21 heavy (non-hydrogen) atoms. The van der Waals surface area contributed by atoms with E-state index in [1.54, 1.807) is 12.3 Å². The highest BCUT2D eigenvalue weighted by atomic mass is 16.6. The molecular weight excluding hydrogens is 276 g/mol. The molecule has 0 unspecified atom stereocenters. The zero-order valence-corrected chi connectivity index (χ0v) is 11.4. The van der Waals surface area contributed by atoms with Gasteiger partial charge in [0.25, 0.3) is 5.69 Å². The van der Waals surface area contributed by atoms with E-state index in [4.69, 9.17) is 0 Å². The van der Waals surface area contributed by atoms with Crippen LogP contribution >= 0.6 is 0 Å². The van der Waals surface area contributed by atoms with Gasteiger partial charge in [0.15, 0.2) is 0 Å². The van der Waals surface area contributed by atoms with Gasteiger partial charge < -0.3 is 0 Å². The quantitative estimate of drug-likeness (QED) is 0.635. The molecule has 2 rings (SSSR count).